The fraction of sp³-hybridized carbons (Fsp3) is 0.222. The monoisotopic (exact) mass is 246 g/mol. The van der Waals surface area contributed by atoms with Gasteiger partial charge in [0.25, 0.3) is 0 Å². The Kier molecular flexibility index (Phi) is 3.52. The van der Waals surface area contributed by atoms with E-state index in [0.29, 0.717) is 6.20 Å². The van der Waals surface area contributed by atoms with Gasteiger partial charge in [0.1, 0.15) is 11.6 Å². The third kappa shape index (κ3) is 3.64. The third-order valence-corrected chi connectivity index (χ3v) is 1.67. The number of rotatable bonds is 3. The van der Waals surface area contributed by atoms with Crippen molar-refractivity contribution in [3.05, 3.63) is 23.5 Å². The van der Waals surface area contributed by atoms with Gasteiger partial charge in [-0.15, -0.1) is 13.2 Å². The second-order valence-corrected chi connectivity index (χ2v) is 2.90. The lowest BCUT2D eigenvalue weighted by molar-refractivity contribution is -0.274. The van der Waals surface area contributed by atoms with Crippen LogP contribution in [0.3, 0.4) is 0 Å². The molecule has 0 saturated carbocycles. The van der Waals surface area contributed by atoms with Crippen LogP contribution in [0.15, 0.2) is 12.4 Å². The van der Waals surface area contributed by atoms with E-state index in [1.807, 2.05) is 0 Å². The van der Waals surface area contributed by atoms with Crippen LogP contribution in [-0.4, -0.2) is 22.4 Å². The molecular weight excluding hydrogens is 241 g/mol. The number of aromatic nitrogens is 1. The first-order valence-corrected chi connectivity index (χ1v) is 4.18. The summed E-state index contributed by atoms with van der Waals surface area (Å²) in [6.45, 7) is 0. The van der Waals surface area contributed by atoms with Gasteiger partial charge in [0.15, 0.2) is 5.75 Å². The van der Waals surface area contributed by atoms with Gasteiger partial charge in [0, 0.05) is 11.8 Å². The third-order valence-electron chi connectivity index (χ3n) is 1.67. The Morgan fingerprint density at radius 1 is 1.53 bits per heavy atom. The minimum Gasteiger partial charge on any atom is -0.481 e. The number of halogens is 3. The zero-order valence-corrected chi connectivity index (χ0v) is 8.15. The first-order chi connectivity index (χ1) is 7.83. The minimum absolute atomic E-state index is 0.137. The minimum atomic E-state index is -4.96. The molecule has 17 heavy (non-hydrogen) atoms. The van der Waals surface area contributed by atoms with Crippen LogP contribution in [0.25, 0.3) is 0 Å². The van der Waals surface area contributed by atoms with Gasteiger partial charge in [0.2, 0.25) is 0 Å². The molecule has 0 radical (unpaired) electrons. The number of nitriles is 1. The Labute approximate surface area is 93.1 Å². The van der Waals surface area contributed by atoms with E-state index in [1.54, 1.807) is 0 Å². The topological polar surface area (TPSA) is 83.2 Å². The van der Waals surface area contributed by atoms with Crippen molar-refractivity contribution in [1.82, 2.24) is 4.98 Å². The molecule has 0 saturated heterocycles. The van der Waals surface area contributed by atoms with E-state index in [-0.39, 0.29) is 5.56 Å². The van der Waals surface area contributed by atoms with E-state index in [2.05, 4.69) is 9.72 Å². The second-order valence-electron chi connectivity index (χ2n) is 2.90. The molecule has 1 rings (SSSR count). The molecule has 0 aliphatic carbocycles. The van der Waals surface area contributed by atoms with Crippen molar-refractivity contribution in [2.24, 2.45) is 0 Å². The highest BCUT2D eigenvalue weighted by Gasteiger charge is 2.33. The zero-order chi connectivity index (χ0) is 13.1. The van der Waals surface area contributed by atoms with Crippen molar-refractivity contribution in [2.45, 2.75) is 12.8 Å². The number of carboxylic acid groups (broad SMARTS) is 1. The van der Waals surface area contributed by atoms with Crippen molar-refractivity contribution < 1.29 is 27.8 Å². The SMILES string of the molecule is N#Cc1c(CC(=O)O)cncc1OC(F)(F)F. The molecule has 0 fully saturated rings. The molecular formula is C9H5F3N2O3. The Morgan fingerprint density at radius 2 is 2.18 bits per heavy atom. The number of nitrogens with zero attached hydrogens (tertiary/aromatic N) is 2. The van der Waals surface area contributed by atoms with Crippen LogP contribution in [0, 0.1) is 11.3 Å². The fourth-order valence-corrected chi connectivity index (χ4v) is 1.11. The van der Waals surface area contributed by atoms with Crippen LogP contribution in [0.1, 0.15) is 11.1 Å². The van der Waals surface area contributed by atoms with E-state index in [1.165, 1.54) is 6.07 Å². The van der Waals surface area contributed by atoms with Gasteiger partial charge >= 0.3 is 12.3 Å². The number of alkyl halides is 3. The molecule has 1 aromatic heterocycles. The first kappa shape index (κ1) is 12.8. The Balaban J connectivity index is 3.15. The molecule has 1 aromatic rings. The van der Waals surface area contributed by atoms with Gasteiger partial charge in [-0.05, 0) is 0 Å². The maximum Gasteiger partial charge on any atom is 0.573 e. The molecule has 5 nitrogen and oxygen atoms in total. The summed E-state index contributed by atoms with van der Waals surface area (Å²) in [5, 5.41) is 17.2. The molecule has 0 amide bonds. The molecule has 1 heterocycles. The molecule has 8 heteroatoms. The maximum absolute atomic E-state index is 12.0. The van der Waals surface area contributed by atoms with Crippen LogP contribution in [0.2, 0.25) is 0 Å². The number of hydrogen-bond acceptors (Lipinski definition) is 4. The quantitative estimate of drug-likeness (QED) is 0.873. The number of aliphatic carboxylic acids is 1. The lowest BCUT2D eigenvalue weighted by Gasteiger charge is -2.11. The summed E-state index contributed by atoms with van der Waals surface area (Å²) in [4.78, 5) is 13.8. The molecule has 0 aliphatic rings. The summed E-state index contributed by atoms with van der Waals surface area (Å²) in [6, 6.07) is 1.46. The van der Waals surface area contributed by atoms with Gasteiger partial charge in [-0.1, -0.05) is 0 Å². The molecule has 0 atom stereocenters. The molecule has 0 aliphatic heterocycles. The summed E-state index contributed by atoms with van der Waals surface area (Å²) in [5.74, 6) is -2.09. The van der Waals surface area contributed by atoms with Crippen LogP contribution in [-0.2, 0) is 11.2 Å². The molecule has 0 bridgehead atoms. The van der Waals surface area contributed by atoms with Crippen molar-refractivity contribution in [2.75, 3.05) is 0 Å². The van der Waals surface area contributed by atoms with Crippen molar-refractivity contribution in [3.8, 4) is 11.8 Å². The zero-order valence-electron chi connectivity index (χ0n) is 8.15. The molecule has 0 spiro atoms. The lowest BCUT2D eigenvalue weighted by Crippen LogP contribution is -2.18. The van der Waals surface area contributed by atoms with Crippen molar-refractivity contribution >= 4 is 5.97 Å². The van der Waals surface area contributed by atoms with Gasteiger partial charge < -0.3 is 9.84 Å². The van der Waals surface area contributed by atoms with E-state index in [9.17, 15) is 18.0 Å². The standard InChI is InChI=1S/C9H5F3N2O3/c10-9(11,12)17-7-4-14-3-5(1-8(15)16)6(7)2-13/h3-4H,1H2,(H,15,16). The lowest BCUT2D eigenvalue weighted by atomic mass is 10.1. The van der Waals surface area contributed by atoms with E-state index >= 15 is 0 Å². The predicted octanol–water partition coefficient (Wildman–Crippen LogP) is 1.48. The van der Waals surface area contributed by atoms with Crippen LogP contribution in [0.4, 0.5) is 13.2 Å². The summed E-state index contributed by atoms with van der Waals surface area (Å²) >= 11 is 0. The summed E-state index contributed by atoms with van der Waals surface area (Å²) < 4.78 is 39.5. The van der Waals surface area contributed by atoms with Crippen molar-refractivity contribution in [1.29, 1.82) is 5.26 Å². The van der Waals surface area contributed by atoms with E-state index in [4.69, 9.17) is 10.4 Å². The Morgan fingerprint density at radius 3 is 2.65 bits per heavy atom. The summed E-state index contributed by atoms with van der Waals surface area (Å²) in [7, 11) is 0. The van der Waals surface area contributed by atoms with Crippen molar-refractivity contribution in [3.63, 3.8) is 0 Å². The smallest absolute Gasteiger partial charge is 0.481 e. The highest BCUT2D eigenvalue weighted by Crippen LogP contribution is 2.27. The average molecular weight is 246 g/mol. The number of hydrogen-bond donors (Lipinski definition) is 1. The van der Waals surface area contributed by atoms with E-state index in [0.717, 1.165) is 6.20 Å². The largest absolute Gasteiger partial charge is 0.573 e. The second kappa shape index (κ2) is 4.69. The number of ether oxygens (including phenoxy) is 1. The fourth-order valence-electron chi connectivity index (χ4n) is 1.11. The Hall–Kier alpha value is -2.30. The van der Waals surface area contributed by atoms with Gasteiger partial charge in [-0.2, -0.15) is 5.26 Å². The molecule has 0 unspecified atom stereocenters. The number of pyridine rings is 1. The summed E-state index contributed by atoms with van der Waals surface area (Å²) in [6.07, 6.45) is -3.85. The predicted molar refractivity (Wildman–Crippen MR) is 47.0 cm³/mol. The first-order valence-electron chi connectivity index (χ1n) is 4.18. The van der Waals surface area contributed by atoms with E-state index < -0.39 is 30.1 Å². The van der Waals surface area contributed by atoms with Gasteiger partial charge in [-0.25, -0.2) is 0 Å². The molecule has 1 N–H and O–H groups in total. The van der Waals surface area contributed by atoms with Crippen LogP contribution < -0.4 is 4.74 Å². The van der Waals surface area contributed by atoms with Gasteiger partial charge in [-0.3, -0.25) is 9.78 Å². The van der Waals surface area contributed by atoms with Gasteiger partial charge in [0.05, 0.1) is 12.6 Å². The highest BCUT2D eigenvalue weighted by molar-refractivity contribution is 5.71. The highest BCUT2D eigenvalue weighted by atomic mass is 19.4. The van der Waals surface area contributed by atoms with Crippen LogP contribution >= 0.6 is 0 Å². The maximum atomic E-state index is 12.0. The number of carbonyl (C=O) groups is 1. The normalized spacial score (nSPS) is 10.7. The Bertz CT molecular complexity index is 479. The molecule has 0 aromatic carbocycles. The van der Waals surface area contributed by atoms with Crippen LogP contribution in [0.5, 0.6) is 5.75 Å². The summed E-state index contributed by atoms with van der Waals surface area (Å²) in [5.41, 5.74) is -0.624. The number of carboxylic acids is 1. The average Bonchev–Trinajstić information content (AvgIpc) is 2.14. The molecule has 90 valence electrons.